The SMILES string of the molecule is NCCCCN1CCN(c2nc3c(s2)CCCC3)CC1. The Bertz CT molecular complexity index is 400. The van der Waals surface area contributed by atoms with E-state index in [2.05, 4.69) is 9.80 Å². The number of unbranched alkanes of at least 4 members (excludes halogenated alkanes) is 1. The van der Waals surface area contributed by atoms with Crippen LogP contribution in [-0.4, -0.2) is 49.2 Å². The third-order valence-electron chi connectivity index (χ3n) is 4.41. The van der Waals surface area contributed by atoms with Crippen LogP contribution >= 0.6 is 11.3 Å². The Morgan fingerprint density at radius 1 is 1.05 bits per heavy atom. The van der Waals surface area contributed by atoms with Crippen LogP contribution in [0.25, 0.3) is 0 Å². The molecule has 112 valence electrons. The van der Waals surface area contributed by atoms with Gasteiger partial charge in [0.2, 0.25) is 0 Å². The van der Waals surface area contributed by atoms with Crippen molar-refractivity contribution in [1.82, 2.24) is 9.88 Å². The van der Waals surface area contributed by atoms with E-state index in [-0.39, 0.29) is 0 Å². The first-order valence-corrected chi connectivity index (χ1v) is 8.84. The second-order valence-electron chi connectivity index (χ2n) is 5.90. The van der Waals surface area contributed by atoms with Crippen molar-refractivity contribution < 1.29 is 0 Å². The Morgan fingerprint density at radius 2 is 1.85 bits per heavy atom. The van der Waals surface area contributed by atoms with Crippen molar-refractivity contribution in [2.24, 2.45) is 5.73 Å². The quantitative estimate of drug-likeness (QED) is 0.842. The Hall–Kier alpha value is -0.650. The molecule has 2 aliphatic rings. The van der Waals surface area contributed by atoms with Gasteiger partial charge in [-0.25, -0.2) is 4.98 Å². The fourth-order valence-electron chi connectivity index (χ4n) is 3.12. The number of thiazole rings is 1. The lowest BCUT2D eigenvalue weighted by Crippen LogP contribution is -2.46. The number of aryl methyl sites for hydroxylation is 2. The van der Waals surface area contributed by atoms with Crippen LogP contribution in [0.5, 0.6) is 0 Å². The Morgan fingerprint density at radius 3 is 2.60 bits per heavy atom. The molecule has 0 amide bonds. The van der Waals surface area contributed by atoms with Crippen LogP contribution in [0.1, 0.15) is 36.3 Å². The van der Waals surface area contributed by atoms with Crippen LogP contribution < -0.4 is 10.6 Å². The molecule has 3 rings (SSSR count). The van der Waals surface area contributed by atoms with Crippen molar-refractivity contribution in [1.29, 1.82) is 0 Å². The Balaban J connectivity index is 1.51. The number of aromatic nitrogens is 1. The van der Waals surface area contributed by atoms with Gasteiger partial charge in [0.1, 0.15) is 0 Å². The van der Waals surface area contributed by atoms with Gasteiger partial charge in [0.15, 0.2) is 5.13 Å². The van der Waals surface area contributed by atoms with E-state index in [4.69, 9.17) is 10.7 Å². The molecule has 1 aromatic heterocycles. The van der Waals surface area contributed by atoms with Gasteiger partial charge in [-0.15, -0.1) is 11.3 Å². The molecular weight excluding hydrogens is 268 g/mol. The van der Waals surface area contributed by atoms with E-state index in [9.17, 15) is 0 Å². The van der Waals surface area contributed by atoms with Gasteiger partial charge in [-0.2, -0.15) is 0 Å². The maximum absolute atomic E-state index is 5.56. The number of anilines is 1. The molecule has 0 unspecified atom stereocenters. The molecule has 0 radical (unpaired) electrons. The normalized spacial score (nSPS) is 20.1. The molecule has 5 heteroatoms. The predicted octanol–water partition coefficient (Wildman–Crippen LogP) is 1.88. The summed E-state index contributed by atoms with van der Waals surface area (Å²) in [6.45, 7) is 6.65. The number of nitrogens with two attached hydrogens (primary N) is 1. The highest BCUT2D eigenvalue weighted by atomic mass is 32.1. The Kier molecular flexibility index (Phi) is 4.91. The number of nitrogens with zero attached hydrogens (tertiary/aromatic N) is 3. The molecular formula is C15H26N4S. The molecule has 0 bridgehead atoms. The van der Waals surface area contributed by atoms with Gasteiger partial charge in [0.25, 0.3) is 0 Å². The van der Waals surface area contributed by atoms with E-state index in [0.717, 1.165) is 26.1 Å². The minimum absolute atomic E-state index is 0.824. The maximum Gasteiger partial charge on any atom is 0.185 e. The van der Waals surface area contributed by atoms with Crippen molar-refractivity contribution in [3.63, 3.8) is 0 Å². The van der Waals surface area contributed by atoms with Gasteiger partial charge < -0.3 is 10.6 Å². The molecule has 1 saturated heterocycles. The van der Waals surface area contributed by atoms with Crippen molar-refractivity contribution >= 4 is 16.5 Å². The standard InChI is InChI=1S/C15H26N4S/c16-7-3-4-8-18-9-11-19(12-10-18)15-17-13-5-1-2-6-14(13)20-15/h1-12,16H2. The van der Waals surface area contributed by atoms with Gasteiger partial charge in [-0.05, 0) is 51.6 Å². The molecule has 0 spiro atoms. The third-order valence-corrected chi connectivity index (χ3v) is 5.62. The highest BCUT2D eigenvalue weighted by molar-refractivity contribution is 7.15. The minimum Gasteiger partial charge on any atom is -0.346 e. The predicted molar refractivity (Wildman–Crippen MR) is 85.7 cm³/mol. The van der Waals surface area contributed by atoms with Crippen LogP contribution in [0.2, 0.25) is 0 Å². The first-order valence-electron chi connectivity index (χ1n) is 8.03. The summed E-state index contributed by atoms with van der Waals surface area (Å²) in [5.74, 6) is 0. The van der Waals surface area contributed by atoms with E-state index in [0.29, 0.717) is 0 Å². The summed E-state index contributed by atoms with van der Waals surface area (Å²) < 4.78 is 0. The zero-order chi connectivity index (χ0) is 13.8. The van der Waals surface area contributed by atoms with Gasteiger partial charge in [-0.1, -0.05) is 0 Å². The second-order valence-corrected chi connectivity index (χ2v) is 6.96. The van der Waals surface area contributed by atoms with Gasteiger partial charge in [0.05, 0.1) is 5.69 Å². The minimum atomic E-state index is 0.824. The van der Waals surface area contributed by atoms with E-state index in [1.54, 1.807) is 4.88 Å². The van der Waals surface area contributed by atoms with Crippen LogP contribution in [0, 0.1) is 0 Å². The van der Waals surface area contributed by atoms with Crippen molar-refractivity contribution in [2.75, 3.05) is 44.2 Å². The molecule has 20 heavy (non-hydrogen) atoms. The van der Waals surface area contributed by atoms with Crippen LogP contribution in [-0.2, 0) is 12.8 Å². The summed E-state index contributed by atoms with van der Waals surface area (Å²) in [5, 5.41) is 1.28. The molecule has 2 N–H and O–H groups in total. The second kappa shape index (κ2) is 6.87. The number of piperazine rings is 1. The smallest absolute Gasteiger partial charge is 0.185 e. The van der Waals surface area contributed by atoms with E-state index < -0.39 is 0 Å². The largest absolute Gasteiger partial charge is 0.346 e. The third kappa shape index (κ3) is 3.32. The number of rotatable bonds is 5. The first-order chi connectivity index (χ1) is 9.86. The summed E-state index contributed by atoms with van der Waals surface area (Å²) in [5.41, 5.74) is 6.95. The highest BCUT2D eigenvalue weighted by Crippen LogP contribution is 2.32. The first kappa shape index (κ1) is 14.3. The number of fused-ring (bicyclic) bond motifs is 1. The van der Waals surface area contributed by atoms with E-state index in [1.807, 2.05) is 11.3 Å². The highest BCUT2D eigenvalue weighted by Gasteiger charge is 2.22. The molecule has 1 fully saturated rings. The summed E-state index contributed by atoms with van der Waals surface area (Å²) >= 11 is 1.94. The Labute approximate surface area is 126 Å². The summed E-state index contributed by atoms with van der Waals surface area (Å²) in [7, 11) is 0. The number of hydrogen-bond acceptors (Lipinski definition) is 5. The summed E-state index contributed by atoms with van der Waals surface area (Å²) in [6.07, 6.45) is 7.52. The summed E-state index contributed by atoms with van der Waals surface area (Å²) in [6, 6.07) is 0. The number of hydrogen-bond donors (Lipinski definition) is 1. The zero-order valence-electron chi connectivity index (χ0n) is 12.3. The van der Waals surface area contributed by atoms with Crippen molar-refractivity contribution in [3.05, 3.63) is 10.6 Å². The molecule has 1 aliphatic carbocycles. The average molecular weight is 294 g/mol. The average Bonchev–Trinajstić information content (AvgIpc) is 2.92. The van der Waals surface area contributed by atoms with Crippen LogP contribution in [0.3, 0.4) is 0 Å². The van der Waals surface area contributed by atoms with Gasteiger partial charge >= 0.3 is 0 Å². The lowest BCUT2D eigenvalue weighted by Gasteiger charge is -2.34. The zero-order valence-corrected chi connectivity index (χ0v) is 13.1. The van der Waals surface area contributed by atoms with Crippen LogP contribution in [0.4, 0.5) is 5.13 Å². The van der Waals surface area contributed by atoms with E-state index >= 15 is 0 Å². The molecule has 1 aliphatic heterocycles. The lowest BCUT2D eigenvalue weighted by molar-refractivity contribution is 0.253. The molecule has 4 nitrogen and oxygen atoms in total. The van der Waals surface area contributed by atoms with Gasteiger partial charge in [0, 0.05) is 31.1 Å². The monoisotopic (exact) mass is 294 g/mol. The fraction of sp³-hybridized carbons (Fsp3) is 0.800. The topological polar surface area (TPSA) is 45.4 Å². The van der Waals surface area contributed by atoms with Crippen LogP contribution in [0.15, 0.2) is 0 Å². The lowest BCUT2D eigenvalue weighted by atomic mass is 10.0. The molecule has 0 atom stereocenters. The van der Waals surface area contributed by atoms with Crippen molar-refractivity contribution in [3.8, 4) is 0 Å². The fourth-order valence-corrected chi connectivity index (χ4v) is 4.32. The molecule has 1 aromatic rings. The summed E-state index contributed by atoms with van der Waals surface area (Å²) in [4.78, 5) is 11.5. The maximum atomic E-state index is 5.56. The van der Waals surface area contributed by atoms with Crippen molar-refractivity contribution in [2.45, 2.75) is 38.5 Å². The van der Waals surface area contributed by atoms with Gasteiger partial charge in [-0.3, -0.25) is 4.90 Å². The molecule has 0 saturated carbocycles. The molecule has 2 heterocycles. The molecule has 0 aromatic carbocycles. The van der Waals surface area contributed by atoms with E-state index in [1.165, 1.54) is 62.6 Å².